The Kier molecular flexibility index (Phi) is 4.61. The number of hydrogen-bond acceptors (Lipinski definition) is 5. The number of amides is 1. The molecule has 1 atom stereocenters. The first kappa shape index (κ1) is 16.1. The van der Waals surface area contributed by atoms with Gasteiger partial charge in [-0.05, 0) is 50.9 Å². The lowest BCUT2D eigenvalue weighted by molar-refractivity contribution is 0.0620. The Hall–Kier alpha value is -1.37. The summed E-state index contributed by atoms with van der Waals surface area (Å²) in [5.41, 5.74) is 1.25. The van der Waals surface area contributed by atoms with Crippen LogP contribution in [0, 0.1) is 12.8 Å². The van der Waals surface area contributed by atoms with Crippen molar-refractivity contribution < 1.29 is 4.79 Å². The van der Waals surface area contributed by atoms with E-state index >= 15 is 0 Å². The highest BCUT2D eigenvalue weighted by molar-refractivity contribution is 8.01. The van der Waals surface area contributed by atoms with E-state index in [4.69, 9.17) is 0 Å². The highest BCUT2D eigenvalue weighted by Gasteiger charge is 2.35. The van der Waals surface area contributed by atoms with Crippen molar-refractivity contribution in [1.29, 1.82) is 0 Å². The van der Waals surface area contributed by atoms with E-state index in [-0.39, 0.29) is 11.9 Å². The molecule has 2 bridgehead atoms. The summed E-state index contributed by atoms with van der Waals surface area (Å²) in [5.74, 6) is 0.620. The molecule has 4 nitrogen and oxygen atoms in total. The van der Waals surface area contributed by atoms with Gasteiger partial charge in [-0.15, -0.1) is 11.3 Å². The van der Waals surface area contributed by atoms with E-state index in [1.165, 1.54) is 47.7 Å². The van der Waals surface area contributed by atoms with Crippen molar-refractivity contribution in [2.75, 3.05) is 19.6 Å². The summed E-state index contributed by atoms with van der Waals surface area (Å²) in [4.78, 5) is 20.5. The number of benzene rings is 1. The zero-order chi connectivity index (χ0) is 16.5. The maximum absolute atomic E-state index is 12.5. The smallest absolute Gasteiger partial charge is 0.280 e. The molecule has 0 aliphatic carbocycles. The molecule has 24 heavy (non-hydrogen) atoms. The second-order valence-corrected chi connectivity index (χ2v) is 9.02. The monoisotopic (exact) mass is 359 g/mol. The Bertz CT molecular complexity index is 720. The molecule has 0 radical (unpaired) electrons. The summed E-state index contributed by atoms with van der Waals surface area (Å²) < 4.78 is 1.05. The third kappa shape index (κ3) is 3.50. The van der Waals surface area contributed by atoms with Gasteiger partial charge in [0.15, 0.2) is 5.01 Å². The molecule has 3 fully saturated rings. The lowest BCUT2D eigenvalue weighted by Crippen LogP contribution is -2.57. The Morgan fingerprint density at radius 3 is 2.71 bits per heavy atom. The quantitative estimate of drug-likeness (QED) is 0.908. The Morgan fingerprint density at radius 1 is 1.29 bits per heavy atom. The minimum Gasteiger partial charge on any atom is -0.346 e. The van der Waals surface area contributed by atoms with Crippen LogP contribution in [-0.2, 0) is 0 Å². The van der Waals surface area contributed by atoms with E-state index in [1.807, 2.05) is 0 Å². The summed E-state index contributed by atoms with van der Waals surface area (Å²) in [6, 6.07) is 8.70. The average Bonchev–Trinajstić information content (AvgIpc) is 3.07. The van der Waals surface area contributed by atoms with Gasteiger partial charge in [-0.1, -0.05) is 29.5 Å². The van der Waals surface area contributed by atoms with E-state index in [9.17, 15) is 4.79 Å². The molecule has 6 heteroatoms. The maximum Gasteiger partial charge on any atom is 0.280 e. The first-order chi connectivity index (χ1) is 11.7. The number of hydrogen-bond donors (Lipinski definition) is 1. The number of nitrogens with zero attached hydrogens (tertiary/aromatic N) is 2. The van der Waals surface area contributed by atoms with Crippen molar-refractivity contribution >= 4 is 29.0 Å². The van der Waals surface area contributed by atoms with E-state index in [1.54, 1.807) is 18.0 Å². The Labute approximate surface area is 150 Å². The fourth-order valence-corrected chi connectivity index (χ4v) is 5.35. The second kappa shape index (κ2) is 6.86. The van der Waals surface area contributed by atoms with Crippen LogP contribution in [0.3, 0.4) is 0 Å². The number of carbonyl (C=O) groups excluding carboxylic acids is 1. The fraction of sp³-hybridized carbons (Fsp3) is 0.444. The molecule has 0 unspecified atom stereocenters. The minimum atomic E-state index is -0.0190. The molecular weight excluding hydrogens is 338 g/mol. The van der Waals surface area contributed by atoms with Crippen LogP contribution in [0.2, 0.25) is 0 Å². The molecular formula is C18H21N3OS2. The van der Waals surface area contributed by atoms with Crippen molar-refractivity contribution in [3.63, 3.8) is 0 Å². The number of carbonyl (C=O) groups is 1. The molecule has 3 aliphatic rings. The van der Waals surface area contributed by atoms with Crippen molar-refractivity contribution in [3.05, 3.63) is 41.0 Å². The van der Waals surface area contributed by atoms with E-state index in [0.29, 0.717) is 10.9 Å². The highest BCUT2D eigenvalue weighted by Crippen LogP contribution is 2.32. The number of fused-ring (bicyclic) bond motifs is 3. The van der Waals surface area contributed by atoms with Gasteiger partial charge in [-0.25, -0.2) is 4.98 Å². The molecule has 126 valence electrons. The molecule has 5 rings (SSSR count). The van der Waals surface area contributed by atoms with Gasteiger partial charge < -0.3 is 10.2 Å². The van der Waals surface area contributed by atoms with Crippen LogP contribution in [0.4, 0.5) is 0 Å². The Morgan fingerprint density at radius 2 is 2.04 bits per heavy atom. The maximum atomic E-state index is 12.5. The van der Waals surface area contributed by atoms with Gasteiger partial charge >= 0.3 is 0 Å². The summed E-state index contributed by atoms with van der Waals surface area (Å²) >= 11 is 3.14. The van der Waals surface area contributed by atoms with Crippen LogP contribution in [0.25, 0.3) is 0 Å². The number of thiazole rings is 1. The third-order valence-corrected chi connectivity index (χ3v) is 7.00. The normalized spacial score (nSPS) is 25.6. The van der Waals surface area contributed by atoms with Crippen LogP contribution in [-0.4, -0.2) is 41.5 Å². The van der Waals surface area contributed by atoms with E-state index in [0.717, 1.165) is 10.8 Å². The average molecular weight is 360 g/mol. The van der Waals surface area contributed by atoms with Gasteiger partial charge in [0.2, 0.25) is 0 Å². The van der Waals surface area contributed by atoms with Crippen LogP contribution in [0.15, 0.2) is 39.6 Å². The van der Waals surface area contributed by atoms with Gasteiger partial charge in [0, 0.05) is 17.5 Å². The molecule has 3 aliphatic heterocycles. The molecule has 1 aromatic heterocycles. The standard InChI is InChI=1S/C18H21N3OS2/c1-12-2-4-14(5-3-12)23-16-10-19-18(24-16)17(22)20-15-11-21-8-6-13(15)7-9-21/h2-5,10,13,15H,6-9,11H2,1H3,(H,20,22)/t15-/m0/s1. The summed E-state index contributed by atoms with van der Waals surface area (Å²) in [6.07, 6.45) is 4.22. The summed E-state index contributed by atoms with van der Waals surface area (Å²) in [7, 11) is 0. The van der Waals surface area contributed by atoms with Gasteiger partial charge in [0.05, 0.1) is 10.4 Å². The molecule has 2 aromatic rings. The SMILES string of the molecule is Cc1ccc(Sc2cnc(C(=O)N[C@H]3CN4CCC3CC4)s2)cc1. The number of aromatic nitrogens is 1. The number of aryl methyl sites for hydroxylation is 1. The molecule has 1 N–H and O–H groups in total. The third-order valence-electron chi connectivity index (χ3n) is 4.89. The van der Waals surface area contributed by atoms with Crippen LogP contribution in [0.5, 0.6) is 0 Å². The topological polar surface area (TPSA) is 45.2 Å². The van der Waals surface area contributed by atoms with Gasteiger partial charge in [-0.2, -0.15) is 0 Å². The van der Waals surface area contributed by atoms with Gasteiger partial charge in [0.25, 0.3) is 5.91 Å². The van der Waals surface area contributed by atoms with Crippen molar-refractivity contribution in [2.24, 2.45) is 5.92 Å². The highest BCUT2D eigenvalue weighted by atomic mass is 32.2. The van der Waals surface area contributed by atoms with Gasteiger partial charge in [-0.3, -0.25) is 4.79 Å². The van der Waals surface area contributed by atoms with Crippen molar-refractivity contribution in [3.8, 4) is 0 Å². The molecule has 4 heterocycles. The first-order valence-corrected chi connectivity index (χ1v) is 10.0. The number of rotatable bonds is 4. The van der Waals surface area contributed by atoms with Gasteiger partial charge in [0.1, 0.15) is 0 Å². The molecule has 0 spiro atoms. The van der Waals surface area contributed by atoms with E-state index in [2.05, 4.69) is 46.4 Å². The molecule has 3 saturated heterocycles. The molecule has 0 saturated carbocycles. The van der Waals surface area contributed by atoms with Crippen molar-refractivity contribution in [1.82, 2.24) is 15.2 Å². The number of nitrogens with one attached hydrogen (secondary N) is 1. The first-order valence-electron chi connectivity index (χ1n) is 8.41. The number of piperidine rings is 3. The van der Waals surface area contributed by atoms with Crippen LogP contribution < -0.4 is 5.32 Å². The van der Waals surface area contributed by atoms with Crippen LogP contribution >= 0.6 is 23.1 Å². The largest absolute Gasteiger partial charge is 0.346 e. The Balaban J connectivity index is 1.39. The zero-order valence-corrected chi connectivity index (χ0v) is 15.3. The predicted octanol–water partition coefficient (Wildman–Crippen LogP) is 3.43. The van der Waals surface area contributed by atoms with E-state index < -0.39 is 0 Å². The minimum absolute atomic E-state index is 0.0190. The van der Waals surface area contributed by atoms with Crippen LogP contribution in [0.1, 0.15) is 28.2 Å². The predicted molar refractivity (Wildman–Crippen MR) is 97.8 cm³/mol. The lowest BCUT2D eigenvalue weighted by Gasteiger charge is -2.44. The zero-order valence-electron chi connectivity index (χ0n) is 13.7. The summed E-state index contributed by atoms with van der Waals surface area (Å²) in [5, 5.41) is 3.78. The summed E-state index contributed by atoms with van der Waals surface area (Å²) in [6.45, 7) is 5.45. The second-order valence-electron chi connectivity index (χ2n) is 6.62. The molecule has 1 aromatic carbocycles. The lowest BCUT2D eigenvalue weighted by atomic mass is 9.84. The fourth-order valence-electron chi connectivity index (χ4n) is 3.49. The molecule has 1 amide bonds. The van der Waals surface area contributed by atoms with Crippen molar-refractivity contribution in [2.45, 2.75) is 34.9 Å².